The van der Waals surface area contributed by atoms with Gasteiger partial charge in [0.2, 0.25) is 0 Å². The molecule has 1 heterocycles. The van der Waals surface area contributed by atoms with E-state index in [2.05, 4.69) is 34.2 Å². The molecule has 1 atom stereocenters. The van der Waals surface area contributed by atoms with Gasteiger partial charge in [-0.05, 0) is 42.8 Å². The van der Waals surface area contributed by atoms with Crippen molar-refractivity contribution in [3.8, 4) is 0 Å². The Balaban J connectivity index is 1.84. The molecule has 2 aromatic carbocycles. The van der Waals surface area contributed by atoms with Crippen LogP contribution in [0.1, 0.15) is 12.5 Å². The van der Waals surface area contributed by atoms with Gasteiger partial charge in [-0.1, -0.05) is 35.0 Å². The van der Waals surface area contributed by atoms with E-state index in [1.165, 1.54) is 0 Å². The third-order valence-electron chi connectivity index (χ3n) is 3.58. The number of para-hydroxylation sites is 1. The molecule has 0 saturated carbocycles. The lowest BCUT2D eigenvalue weighted by Crippen LogP contribution is -2.41. The van der Waals surface area contributed by atoms with Crippen LogP contribution in [-0.2, 0) is 0 Å². The maximum absolute atomic E-state index is 12.7. The number of nitrogens with one attached hydrogen (secondary N) is 1. The van der Waals surface area contributed by atoms with Gasteiger partial charge in [0.1, 0.15) is 0 Å². The minimum Gasteiger partial charge on any atom is -0.308 e. The second-order valence-electron chi connectivity index (χ2n) is 5.40. The van der Waals surface area contributed by atoms with Crippen molar-refractivity contribution in [1.29, 1.82) is 0 Å². The molecule has 0 spiro atoms. The normalized spacial score (nSPS) is 17.0. The molecule has 2 amide bonds. The number of carbonyl (C=O) groups is 1. The van der Waals surface area contributed by atoms with Gasteiger partial charge < -0.3 is 5.32 Å². The molecule has 0 fully saturated rings. The predicted molar refractivity (Wildman–Crippen MR) is 97.0 cm³/mol. The number of nitrogens with zero attached hydrogens (tertiary/aromatic N) is 1. The Morgan fingerprint density at radius 2 is 2.09 bits per heavy atom. The highest BCUT2D eigenvalue weighted by Crippen LogP contribution is 2.38. The van der Waals surface area contributed by atoms with Crippen LogP contribution in [0.2, 0.25) is 0 Å². The van der Waals surface area contributed by atoms with Crippen LogP contribution in [0.4, 0.5) is 16.2 Å². The zero-order valence-corrected chi connectivity index (χ0v) is 14.9. The van der Waals surface area contributed by atoms with E-state index in [9.17, 15) is 4.79 Å². The molecule has 1 aliphatic heterocycles. The highest BCUT2D eigenvalue weighted by molar-refractivity contribution is 9.10. The first-order valence-corrected chi connectivity index (χ1v) is 8.82. The number of aryl methyl sites for hydroxylation is 1. The Morgan fingerprint density at radius 3 is 2.86 bits per heavy atom. The fourth-order valence-electron chi connectivity index (χ4n) is 2.49. The summed E-state index contributed by atoms with van der Waals surface area (Å²) in [6.45, 7) is 4.86. The van der Waals surface area contributed by atoms with Crippen LogP contribution in [0.25, 0.3) is 0 Å². The Hall–Kier alpha value is -1.46. The van der Waals surface area contributed by atoms with Crippen LogP contribution in [0.15, 0.2) is 51.8 Å². The summed E-state index contributed by atoms with van der Waals surface area (Å²) in [6.07, 6.45) is 0. The van der Waals surface area contributed by atoms with Crippen LogP contribution in [0, 0.1) is 6.92 Å². The van der Waals surface area contributed by atoms with E-state index < -0.39 is 0 Å². The summed E-state index contributed by atoms with van der Waals surface area (Å²) in [6, 6.07) is 13.8. The molecular formula is C17H17BrN2OS. The number of carbonyl (C=O) groups excluding carboxylic acids is 1. The van der Waals surface area contributed by atoms with Crippen molar-refractivity contribution < 1.29 is 4.79 Å². The third-order valence-corrected chi connectivity index (χ3v) is 5.62. The Bertz CT molecular complexity index is 720. The predicted octanol–water partition coefficient (Wildman–Crippen LogP) is 5.29. The Kier molecular flexibility index (Phi) is 4.45. The summed E-state index contributed by atoms with van der Waals surface area (Å²) >= 11 is 5.29. The lowest BCUT2D eigenvalue weighted by atomic mass is 10.2. The van der Waals surface area contributed by atoms with Gasteiger partial charge in [-0.2, -0.15) is 0 Å². The second kappa shape index (κ2) is 6.34. The van der Waals surface area contributed by atoms with E-state index in [1.54, 1.807) is 0 Å². The maximum atomic E-state index is 12.7. The first-order chi connectivity index (χ1) is 10.5. The quantitative estimate of drug-likeness (QED) is 0.732. The first-order valence-electron chi connectivity index (χ1n) is 7.15. The molecule has 114 valence electrons. The lowest BCUT2D eigenvalue weighted by Gasteiger charge is -2.32. The van der Waals surface area contributed by atoms with Crippen molar-refractivity contribution in [1.82, 2.24) is 0 Å². The SMILES string of the molecule is Cc1cc(NC(=O)N2CC(C)Sc3ccccc32)ccc1Br. The van der Waals surface area contributed by atoms with E-state index >= 15 is 0 Å². The first kappa shape index (κ1) is 15.4. The lowest BCUT2D eigenvalue weighted by molar-refractivity contribution is 0.256. The van der Waals surface area contributed by atoms with Crippen molar-refractivity contribution in [3.63, 3.8) is 0 Å². The molecule has 1 unspecified atom stereocenters. The van der Waals surface area contributed by atoms with E-state index in [-0.39, 0.29) is 6.03 Å². The molecule has 2 aromatic rings. The van der Waals surface area contributed by atoms with Crippen LogP contribution < -0.4 is 10.2 Å². The molecule has 3 rings (SSSR count). The van der Waals surface area contributed by atoms with Crippen molar-refractivity contribution in [2.75, 3.05) is 16.8 Å². The maximum Gasteiger partial charge on any atom is 0.326 e. The number of rotatable bonds is 1. The van der Waals surface area contributed by atoms with Crippen molar-refractivity contribution in [3.05, 3.63) is 52.5 Å². The molecule has 0 aliphatic carbocycles. The van der Waals surface area contributed by atoms with Gasteiger partial charge in [-0.25, -0.2) is 4.79 Å². The monoisotopic (exact) mass is 376 g/mol. The van der Waals surface area contributed by atoms with Gasteiger partial charge in [-0.15, -0.1) is 11.8 Å². The molecule has 1 aliphatic rings. The average Bonchev–Trinajstić information content (AvgIpc) is 2.50. The molecule has 0 bridgehead atoms. The summed E-state index contributed by atoms with van der Waals surface area (Å²) in [5.74, 6) is 0. The molecule has 0 saturated heterocycles. The summed E-state index contributed by atoms with van der Waals surface area (Å²) in [4.78, 5) is 15.6. The van der Waals surface area contributed by atoms with Gasteiger partial charge >= 0.3 is 6.03 Å². The van der Waals surface area contributed by atoms with Gasteiger partial charge in [-0.3, -0.25) is 4.90 Å². The number of amides is 2. The molecule has 1 N–H and O–H groups in total. The summed E-state index contributed by atoms with van der Waals surface area (Å²) in [5, 5.41) is 3.38. The zero-order chi connectivity index (χ0) is 15.7. The molecular weight excluding hydrogens is 360 g/mol. The fraction of sp³-hybridized carbons (Fsp3) is 0.235. The van der Waals surface area contributed by atoms with Gasteiger partial charge in [0.15, 0.2) is 0 Å². The number of urea groups is 1. The van der Waals surface area contributed by atoms with Crippen molar-refractivity contribution >= 4 is 45.1 Å². The number of fused-ring (bicyclic) bond motifs is 1. The number of hydrogen-bond donors (Lipinski definition) is 1. The van der Waals surface area contributed by atoms with E-state index in [4.69, 9.17) is 0 Å². The average molecular weight is 377 g/mol. The van der Waals surface area contributed by atoms with E-state index in [0.717, 1.165) is 26.3 Å². The Morgan fingerprint density at radius 1 is 1.32 bits per heavy atom. The number of halogens is 1. The van der Waals surface area contributed by atoms with Gasteiger partial charge in [0.25, 0.3) is 0 Å². The highest BCUT2D eigenvalue weighted by atomic mass is 79.9. The van der Waals surface area contributed by atoms with E-state index in [1.807, 2.05) is 60.0 Å². The fourth-order valence-corrected chi connectivity index (χ4v) is 3.85. The number of hydrogen-bond acceptors (Lipinski definition) is 2. The second-order valence-corrected chi connectivity index (χ2v) is 7.74. The third kappa shape index (κ3) is 3.15. The van der Waals surface area contributed by atoms with Crippen LogP contribution in [0.3, 0.4) is 0 Å². The number of thioether (sulfide) groups is 1. The largest absolute Gasteiger partial charge is 0.326 e. The molecule has 22 heavy (non-hydrogen) atoms. The van der Waals surface area contributed by atoms with Gasteiger partial charge in [0, 0.05) is 26.9 Å². The van der Waals surface area contributed by atoms with E-state index in [0.29, 0.717) is 11.8 Å². The summed E-state index contributed by atoms with van der Waals surface area (Å²) < 4.78 is 1.04. The summed E-state index contributed by atoms with van der Waals surface area (Å²) in [5.41, 5.74) is 2.90. The number of anilines is 2. The van der Waals surface area contributed by atoms with Crippen molar-refractivity contribution in [2.24, 2.45) is 0 Å². The number of benzene rings is 2. The molecule has 0 radical (unpaired) electrons. The van der Waals surface area contributed by atoms with Crippen LogP contribution in [0.5, 0.6) is 0 Å². The Labute approximate surface area is 143 Å². The molecule has 3 nitrogen and oxygen atoms in total. The molecule has 5 heteroatoms. The zero-order valence-electron chi connectivity index (χ0n) is 12.5. The standard InChI is InChI=1S/C17H17BrN2OS/c1-11-9-13(7-8-14(11)18)19-17(21)20-10-12(2)22-16-6-4-3-5-15(16)20/h3-9,12H,10H2,1-2H3,(H,19,21). The molecule has 0 aromatic heterocycles. The highest BCUT2D eigenvalue weighted by Gasteiger charge is 2.26. The topological polar surface area (TPSA) is 32.3 Å². The minimum absolute atomic E-state index is 0.0821. The smallest absolute Gasteiger partial charge is 0.308 e. The minimum atomic E-state index is -0.0821. The van der Waals surface area contributed by atoms with Crippen molar-refractivity contribution in [2.45, 2.75) is 24.0 Å². The van der Waals surface area contributed by atoms with Crippen LogP contribution in [-0.4, -0.2) is 17.8 Å². The van der Waals surface area contributed by atoms with Gasteiger partial charge in [0.05, 0.1) is 5.69 Å². The summed E-state index contributed by atoms with van der Waals surface area (Å²) in [7, 11) is 0. The van der Waals surface area contributed by atoms with Crippen LogP contribution >= 0.6 is 27.7 Å².